The highest BCUT2D eigenvalue weighted by Gasteiger charge is 2.38. The topological polar surface area (TPSA) is 21.3 Å². The fourth-order valence-electron chi connectivity index (χ4n) is 0.861. The first-order valence-electron chi connectivity index (χ1n) is 4.40. The Balaban J connectivity index is 3.81. The number of hydrogen-bond donors (Lipinski definition) is 1. The Morgan fingerprint density at radius 2 is 1.92 bits per heavy atom. The Bertz CT molecular complexity index is 127. The van der Waals surface area contributed by atoms with Gasteiger partial charge in [0.2, 0.25) is 0 Å². The Morgan fingerprint density at radius 1 is 1.31 bits per heavy atom. The molecule has 0 fully saturated rings. The molecule has 0 rings (SSSR count). The van der Waals surface area contributed by atoms with E-state index in [4.69, 9.17) is 4.74 Å². The van der Waals surface area contributed by atoms with Gasteiger partial charge in [-0.25, -0.2) is 0 Å². The lowest BCUT2D eigenvalue weighted by Gasteiger charge is -2.20. The van der Waals surface area contributed by atoms with Crippen molar-refractivity contribution in [3.8, 4) is 0 Å². The summed E-state index contributed by atoms with van der Waals surface area (Å²) in [6, 6.07) is -1.54. The van der Waals surface area contributed by atoms with Crippen LogP contribution in [0, 0.1) is 0 Å². The second-order valence-corrected chi connectivity index (χ2v) is 2.73. The van der Waals surface area contributed by atoms with Crippen molar-refractivity contribution in [2.45, 2.75) is 32.5 Å². The van der Waals surface area contributed by atoms with E-state index in [0.29, 0.717) is 13.2 Å². The molecule has 13 heavy (non-hydrogen) atoms. The quantitative estimate of drug-likeness (QED) is 0.660. The van der Waals surface area contributed by atoms with Gasteiger partial charge in [-0.05, 0) is 13.0 Å². The third kappa shape index (κ3) is 5.87. The van der Waals surface area contributed by atoms with E-state index in [1.165, 1.54) is 0 Å². The zero-order valence-corrected chi connectivity index (χ0v) is 7.95. The number of nitrogens with one attached hydrogen (secondary N) is 1. The van der Waals surface area contributed by atoms with Gasteiger partial charge in [-0.1, -0.05) is 13.8 Å². The van der Waals surface area contributed by atoms with E-state index < -0.39 is 12.2 Å². The molecule has 0 aliphatic carbocycles. The van der Waals surface area contributed by atoms with Crippen molar-refractivity contribution in [2.24, 2.45) is 0 Å². The summed E-state index contributed by atoms with van der Waals surface area (Å²) >= 11 is 0. The molecule has 1 N–H and O–H groups in total. The monoisotopic (exact) mass is 199 g/mol. The highest BCUT2D eigenvalue weighted by Crippen LogP contribution is 2.20. The second-order valence-electron chi connectivity index (χ2n) is 2.73. The number of alkyl halides is 3. The zero-order chi connectivity index (χ0) is 10.3. The maximum Gasteiger partial charge on any atom is 0.406 e. The van der Waals surface area contributed by atoms with Gasteiger partial charge in [0, 0.05) is 6.61 Å². The lowest BCUT2D eigenvalue weighted by atomic mass is 10.3. The van der Waals surface area contributed by atoms with E-state index in [9.17, 15) is 13.2 Å². The van der Waals surface area contributed by atoms with E-state index in [-0.39, 0.29) is 6.61 Å². The van der Waals surface area contributed by atoms with Crippen molar-refractivity contribution in [1.29, 1.82) is 0 Å². The summed E-state index contributed by atoms with van der Waals surface area (Å²) in [5.74, 6) is 0. The highest BCUT2D eigenvalue weighted by atomic mass is 19.4. The fourth-order valence-corrected chi connectivity index (χ4v) is 0.861. The van der Waals surface area contributed by atoms with Crippen LogP contribution < -0.4 is 5.32 Å². The summed E-state index contributed by atoms with van der Waals surface area (Å²) in [6.45, 7) is 3.86. The number of halogens is 3. The molecule has 0 aliphatic rings. The third-order valence-corrected chi connectivity index (χ3v) is 1.48. The Morgan fingerprint density at radius 3 is 2.31 bits per heavy atom. The lowest BCUT2D eigenvalue weighted by Crippen LogP contribution is -2.45. The molecule has 80 valence electrons. The van der Waals surface area contributed by atoms with Gasteiger partial charge in [0.1, 0.15) is 6.04 Å². The van der Waals surface area contributed by atoms with E-state index in [0.717, 1.165) is 6.42 Å². The molecule has 0 heterocycles. The van der Waals surface area contributed by atoms with Crippen molar-refractivity contribution in [3.05, 3.63) is 0 Å². The third-order valence-electron chi connectivity index (χ3n) is 1.48. The molecule has 0 aliphatic heterocycles. The smallest absolute Gasteiger partial charge is 0.379 e. The largest absolute Gasteiger partial charge is 0.406 e. The van der Waals surface area contributed by atoms with Gasteiger partial charge >= 0.3 is 6.18 Å². The molecule has 2 nitrogen and oxygen atoms in total. The van der Waals surface area contributed by atoms with Crippen LogP contribution in [0.15, 0.2) is 0 Å². The van der Waals surface area contributed by atoms with Gasteiger partial charge in [0.15, 0.2) is 0 Å². The summed E-state index contributed by atoms with van der Waals surface area (Å²) in [5.41, 5.74) is 0. The first-order chi connectivity index (χ1) is 6.02. The molecule has 0 spiro atoms. The minimum Gasteiger partial charge on any atom is -0.379 e. The number of hydrogen-bond acceptors (Lipinski definition) is 2. The van der Waals surface area contributed by atoms with E-state index in [1.807, 2.05) is 6.92 Å². The van der Waals surface area contributed by atoms with Crippen LogP contribution in [-0.4, -0.2) is 32.0 Å². The second kappa shape index (κ2) is 6.21. The zero-order valence-electron chi connectivity index (χ0n) is 7.95. The van der Waals surface area contributed by atoms with Gasteiger partial charge in [0.05, 0.1) is 6.61 Å². The lowest BCUT2D eigenvalue weighted by molar-refractivity contribution is -0.167. The van der Waals surface area contributed by atoms with Crippen molar-refractivity contribution in [2.75, 3.05) is 19.8 Å². The van der Waals surface area contributed by atoms with Gasteiger partial charge in [-0.2, -0.15) is 13.2 Å². The van der Waals surface area contributed by atoms with Crippen LogP contribution in [0.1, 0.15) is 20.3 Å². The van der Waals surface area contributed by atoms with Crippen molar-refractivity contribution >= 4 is 0 Å². The van der Waals surface area contributed by atoms with Crippen molar-refractivity contribution in [3.63, 3.8) is 0 Å². The van der Waals surface area contributed by atoms with Crippen LogP contribution in [0.3, 0.4) is 0 Å². The first kappa shape index (κ1) is 12.7. The summed E-state index contributed by atoms with van der Waals surface area (Å²) in [5, 5.41) is 2.33. The Kier molecular flexibility index (Phi) is 6.07. The molecule has 5 heteroatoms. The van der Waals surface area contributed by atoms with Crippen LogP contribution in [0.2, 0.25) is 0 Å². The van der Waals surface area contributed by atoms with Gasteiger partial charge in [-0.3, -0.25) is 0 Å². The standard InChI is InChI=1S/C8H16F3NO/c1-3-5-13-6-7(12-4-2)8(9,10)11/h7,12H,3-6H2,1-2H3. The molecule has 0 aromatic heterocycles. The molecule has 0 radical (unpaired) electrons. The molecule has 0 bridgehead atoms. The predicted molar refractivity (Wildman–Crippen MR) is 44.6 cm³/mol. The van der Waals surface area contributed by atoms with Crippen LogP contribution in [-0.2, 0) is 4.74 Å². The average Bonchev–Trinajstić information content (AvgIpc) is 2.01. The van der Waals surface area contributed by atoms with E-state index >= 15 is 0 Å². The highest BCUT2D eigenvalue weighted by molar-refractivity contribution is 4.73. The molecule has 0 aromatic rings. The molecule has 1 atom stereocenters. The maximum absolute atomic E-state index is 12.2. The van der Waals surface area contributed by atoms with Crippen LogP contribution in [0.5, 0.6) is 0 Å². The summed E-state index contributed by atoms with van der Waals surface area (Å²) in [6.07, 6.45) is -3.49. The van der Waals surface area contributed by atoms with Crippen molar-refractivity contribution < 1.29 is 17.9 Å². The summed E-state index contributed by atoms with van der Waals surface area (Å²) in [4.78, 5) is 0. The van der Waals surface area contributed by atoms with Gasteiger partial charge in [-0.15, -0.1) is 0 Å². The first-order valence-corrected chi connectivity index (χ1v) is 4.40. The van der Waals surface area contributed by atoms with Crippen molar-refractivity contribution in [1.82, 2.24) is 5.32 Å². The molecule has 0 saturated carbocycles. The number of likely N-dealkylation sites (N-methyl/N-ethyl adjacent to an activating group) is 1. The number of rotatable bonds is 6. The van der Waals surface area contributed by atoms with Crippen LogP contribution in [0.25, 0.3) is 0 Å². The maximum atomic E-state index is 12.2. The Labute approximate surface area is 76.5 Å². The van der Waals surface area contributed by atoms with Crippen LogP contribution in [0.4, 0.5) is 13.2 Å². The molecule has 0 saturated heterocycles. The van der Waals surface area contributed by atoms with E-state index in [1.54, 1.807) is 6.92 Å². The fraction of sp³-hybridized carbons (Fsp3) is 1.00. The van der Waals surface area contributed by atoms with Gasteiger partial charge in [0.25, 0.3) is 0 Å². The SMILES string of the molecule is CCCOCC(NCC)C(F)(F)F. The molecule has 1 unspecified atom stereocenters. The molecule has 0 aromatic carbocycles. The molecular formula is C8H16F3NO. The Hall–Kier alpha value is -0.290. The van der Waals surface area contributed by atoms with E-state index in [2.05, 4.69) is 5.32 Å². The summed E-state index contributed by atoms with van der Waals surface area (Å²) < 4.78 is 41.4. The minimum absolute atomic E-state index is 0.291. The number of ether oxygens (including phenoxy) is 1. The summed E-state index contributed by atoms with van der Waals surface area (Å²) in [7, 11) is 0. The molecular weight excluding hydrogens is 183 g/mol. The van der Waals surface area contributed by atoms with Gasteiger partial charge < -0.3 is 10.1 Å². The average molecular weight is 199 g/mol. The minimum atomic E-state index is -4.22. The molecule has 0 amide bonds. The normalized spacial score (nSPS) is 14.5. The predicted octanol–water partition coefficient (Wildman–Crippen LogP) is 1.95. The van der Waals surface area contributed by atoms with Crippen LogP contribution >= 0.6 is 0 Å².